The van der Waals surface area contributed by atoms with Crippen LogP contribution in [0, 0.1) is 17.1 Å². The second kappa shape index (κ2) is 9.58. The summed E-state index contributed by atoms with van der Waals surface area (Å²) < 4.78 is 24.7. The molecule has 2 aromatic carbocycles. The van der Waals surface area contributed by atoms with Crippen LogP contribution in [0.5, 0.6) is 11.5 Å². The van der Waals surface area contributed by atoms with Gasteiger partial charge in [-0.15, -0.1) is 0 Å². The molecule has 9 heteroatoms. The predicted molar refractivity (Wildman–Crippen MR) is 128 cm³/mol. The molecule has 0 aromatic heterocycles. The number of nitrogens with zero attached hydrogens (tertiary/aromatic N) is 3. The van der Waals surface area contributed by atoms with E-state index in [2.05, 4.69) is 10.1 Å². The summed E-state index contributed by atoms with van der Waals surface area (Å²) in [7, 11) is 0. The Balaban J connectivity index is 1.57. The normalized spacial score (nSPS) is 16.8. The molecule has 2 aromatic rings. The highest BCUT2D eigenvalue weighted by Gasteiger charge is 2.36. The number of nitrogens with one attached hydrogen (secondary N) is 1. The van der Waals surface area contributed by atoms with E-state index < -0.39 is 5.91 Å². The minimum atomic E-state index is -0.478. The highest BCUT2D eigenvalue weighted by molar-refractivity contribution is 8.27. The Kier molecular flexibility index (Phi) is 6.60. The highest BCUT2D eigenvalue weighted by atomic mass is 32.2. The van der Waals surface area contributed by atoms with Crippen molar-refractivity contribution < 1.29 is 18.7 Å². The first-order valence-electron chi connectivity index (χ1n) is 10.5. The van der Waals surface area contributed by atoms with Gasteiger partial charge in [-0.05, 0) is 60.2 Å². The predicted octanol–water partition coefficient (Wildman–Crippen LogP) is 5.08. The number of carbonyl (C=O) groups excluding carboxylic acids is 1. The smallest absolute Gasteiger partial charge is 0.283 e. The van der Waals surface area contributed by atoms with E-state index >= 15 is 0 Å². The van der Waals surface area contributed by atoms with Gasteiger partial charge in [0.05, 0.1) is 12.2 Å². The number of carbonyl (C=O) groups is 1. The first kappa shape index (κ1) is 22.7. The number of ether oxygens (including phenoxy) is 2. The van der Waals surface area contributed by atoms with Crippen molar-refractivity contribution >= 4 is 39.8 Å². The Hall–Kier alpha value is -3.46. The lowest BCUT2D eigenvalue weighted by Crippen LogP contribution is -2.35. The zero-order chi connectivity index (χ0) is 23.5. The molecule has 0 unspecified atom stereocenters. The van der Waals surface area contributed by atoms with E-state index in [1.807, 2.05) is 20.8 Å². The van der Waals surface area contributed by atoms with Crippen molar-refractivity contribution in [3.63, 3.8) is 0 Å². The van der Waals surface area contributed by atoms with Gasteiger partial charge in [-0.25, -0.2) is 4.39 Å². The molecule has 1 amide bonds. The number of aliphatic imine (C=N–C) groups is 1. The topological polar surface area (TPSA) is 87.3 Å². The molecule has 0 bridgehead atoms. The van der Waals surface area contributed by atoms with E-state index in [1.165, 1.54) is 28.9 Å². The van der Waals surface area contributed by atoms with E-state index in [0.29, 0.717) is 28.8 Å². The average molecular weight is 467 g/mol. The number of benzene rings is 2. The Bertz CT molecular complexity index is 1190. The van der Waals surface area contributed by atoms with Crippen molar-refractivity contribution in [2.45, 2.75) is 27.4 Å². The van der Waals surface area contributed by atoms with Crippen LogP contribution in [-0.4, -0.2) is 33.6 Å². The number of fused-ring (bicyclic) bond motifs is 1. The molecule has 0 radical (unpaired) electrons. The Morgan fingerprint density at radius 1 is 1.15 bits per heavy atom. The molecule has 0 atom stereocenters. The van der Waals surface area contributed by atoms with E-state index in [4.69, 9.17) is 14.9 Å². The van der Waals surface area contributed by atoms with Crippen molar-refractivity contribution in [1.82, 2.24) is 5.01 Å². The van der Waals surface area contributed by atoms with E-state index in [-0.39, 0.29) is 29.8 Å². The molecular formula is C24H23FN4O3S. The van der Waals surface area contributed by atoms with Crippen LogP contribution in [0.25, 0.3) is 6.08 Å². The summed E-state index contributed by atoms with van der Waals surface area (Å²) in [6, 6.07) is 11.4. The standard InChI is InChI=1S/C24H23FN4O3S/c1-4-31-20-12-16(7-10-19(20)32-13-15-5-8-17(25)9-6-15)11-18-21(26)29-24(27-22(18)30)33-23(28-29)14(2)3/h5-12,14,26H,4,13H2,1-3H3/b18-11+,26-21?. The molecule has 0 saturated carbocycles. The van der Waals surface area contributed by atoms with Crippen LogP contribution in [0.4, 0.5) is 4.39 Å². The monoisotopic (exact) mass is 466 g/mol. The van der Waals surface area contributed by atoms with Crippen LogP contribution in [0.3, 0.4) is 0 Å². The van der Waals surface area contributed by atoms with Crippen molar-refractivity contribution in [3.05, 3.63) is 65.0 Å². The Morgan fingerprint density at radius 3 is 2.61 bits per heavy atom. The minimum absolute atomic E-state index is 0.0113. The molecule has 2 aliphatic rings. The maximum absolute atomic E-state index is 13.1. The van der Waals surface area contributed by atoms with E-state index in [9.17, 15) is 9.18 Å². The van der Waals surface area contributed by atoms with Crippen LogP contribution in [0.2, 0.25) is 0 Å². The maximum Gasteiger partial charge on any atom is 0.283 e. The number of hydrogen-bond acceptors (Lipinski definition) is 6. The van der Waals surface area contributed by atoms with Gasteiger partial charge in [-0.2, -0.15) is 15.1 Å². The van der Waals surface area contributed by atoms with Gasteiger partial charge >= 0.3 is 0 Å². The molecule has 170 valence electrons. The quantitative estimate of drug-likeness (QED) is 0.575. The lowest BCUT2D eigenvalue weighted by Gasteiger charge is -2.20. The van der Waals surface area contributed by atoms with Crippen LogP contribution in [0.1, 0.15) is 31.9 Å². The number of hydrogen-bond donors (Lipinski definition) is 1. The first-order valence-corrected chi connectivity index (χ1v) is 11.3. The van der Waals surface area contributed by atoms with Crippen LogP contribution in [-0.2, 0) is 11.4 Å². The van der Waals surface area contributed by atoms with Crippen LogP contribution < -0.4 is 9.47 Å². The Morgan fingerprint density at radius 2 is 1.91 bits per heavy atom. The summed E-state index contributed by atoms with van der Waals surface area (Å²) >= 11 is 1.31. The van der Waals surface area contributed by atoms with Crippen molar-refractivity contribution in [1.29, 1.82) is 5.41 Å². The molecule has 0 fully saturated rings. The third-order valence-corrected chi connectivity index (χ3v) is 6.06. The lowest BCUT2D eigenvalue weighted by atomic mass is 10.1. The van der Waals surface area contributed by atoms with Crippen molar-refractivity contribution in [3.8, 4) is 11.5 Å². The minimum Gasteiger partial charge on any atom is -0.490 e. The number of hydrazone groups is 1. The largest absolute Gasteiger partial charge is 0.490 e. The van der Waals surface area contributed by atoms with Crippen molar-refractivity contribution in [2.24, 2.45) is 16.0 Å². The lowest BCUT2D eigenvalue weighted by molar-refractivity contribution is -0.114. The molecule has 2 heterocycles. The number of halogens is 1. The van der Waals surface area contributed by atoms with Crippen LogP contribution >= 0.6 is 11.8 Å². The summed E-state index contributed by atoms with van der Waals surface area (Å²) in [4.78, 5) is 16.7. The highest BCUT2D eigenvalue weighted by Crippen LogP contribution is 2.33. The number of thioether (sulfide) groups is 1. The van der Waals surface area contributed by atoms with Gasteiger partial charge in [0.15, 0.2) is 17.3 Å². The summed E-state index contributed by atoms with van der Waals surface area (Å²) in [5.41, 5.74) is 1.64. The Labute approximate surface area is 195 Å². The van der Waals surface area contributed by atoms with Gasteiger partial charge in [0.25, 0.3) is 5.91 Å². The van der Waals surface area contributed by atoms with Crippen LogP contribution in [0.15, 0.2) is 58.1 Å². The fourth-order valence-electron chi connectivity index (χ4n) is 3.15. The summed E-state index contributed by atoms with van der Waals surface area (Å²) in [6.07, 6.45) is 1.60. The zero-order valence-corrected chi connectivity index (χ0v) is 19.3. The fourth-order valence-corrected chi connectivity index (χ4v) is 4.04. The van der Waals surface area contributed by atoms with Gasteiger partial charge in [-0.1, -0.05) is 32.0 Å². The second-order valence-corrected chi connectivity index (χ2v) is 8.65. The summed E-state index contributed by atoms with van der Waals surface area (Å²) in [6.45, 7) is 6.54. The number of rotatable bonds is 7. The van der Waals surface area contributed by atoms with Gasteiger partial charge in [0, 0.05) is 5.92 Å². The van der Waals surface area contributed by atoms with Gasteiger partial charge < -0.3 is 9.47 Å². The zero-order valence-electron chi connectivity index (χ0n) is 18.5. The molecule has 2 aliphatic heterocycles. The van der Waals surface area contributed by atoms with Gasteiger partial charge in [0.1, 0.15) is 17.5 Å². The molecule has 0 aliphatic carbocycles. The number of amidine groups is 2. The summed E-state index contributed by atoms with van der Waals surface area (Å²) in [5.74, 6) is 0.413. The second-order valence-electron chi connectivity index (χ2n) is 7.67. The molecule has 1 N–H and O–H groups in total. The molecule has 0 spiro atoms. The third kappa shape index (κ3) is 4.98. The average Bonchev–Trinajstić information content (AvgIpc) is 3.22. The SMILES string of the molecule is CCOc1cc(/C=C2\C(=N)N3N=C(C(C)C)SC3=NC2=O)ccc1OCc1ccc(F)cc1. The molecular weight excluding hydrogens is 443 g/mol. The van der Waals surface area contributed by atoms with E-state index in [1.54, 1.807) is 36.4 Å². The van der Waals surface area contributed by atoms with Crippen molar-refractivity contribution in [2.75, 3.05) is 6.61 Å². The first-order chi connectivity index (χ1) is 15.9. The third-order valence-electron chi connectivity index (χ3n) is 4.85. The molecule has 33 heavy (non-hydrogen) atoms. The fraction of sp³-hybridized carbons (Fsp3) is 0.250. The molecule has 4 rings (SSSR count). The maximum atomic E-state index is 13.1. The molecule has 7 nitrogen and oxygen atoms in total. The summed E-state index contributed by atoms with van der Waals surface area (Å²) in [5, 5.41) is 15.5. The van der Waals surface area contributed by atoms with E-state index in [0.717, 1.165) is 10.6 Å². The molecule has 0 saturated heterocycles. The number of amides is 1. The van der Waals surface area contributed by atoms with Gasteiger partial charge in [-0.3, -0.25) is 10.2 Å². The van der Waals surface area contributed by atoms with Gasteiger partial charge in [0.2, 0.25) is 5.17 Å².